The lowest BCUT2D eigenvalue weighted by atomic mass is 9.84. The molecule has 62 valence electrons. The van der Waals surface area contributed by atoms with E-state index < -0.39 is 0 Å². The minimum atomic E-state index is 0.284. The summed E-state index contributed by atoms with van der Waals surface area (Å²) in [6, 6.07) is 0.284. The lowest BCUT2D eigenvalue weighted by Crippen LogP contribution is -2.17. The largest absolute Gasteiger partial charge is 0.235 e. The highest BCUT2D eigenvalue weighted by molar-refractivity contribution is 5.33. The first-order chi connectivity index (χ1) is 5.36. The van der Waals surface area contributed by atoms with Crippen molar-refractivity contribution in [1.82, 2.24) is 0 Å². The molecule has 2 atom stereocenters. The molecule has 0 bridgehead atoms. The van der Waals surface area contributed by atoms with E-state index in [0.29, 0.717) is 0 Å². The fraction of sp³-hybridized carbons (Fsp3) is 0.889. The summed E-state index contributed by atoms with van der Waals surface area (Å²) in [4.78, 5) is 13.8. The molecule has 2 nitrogen and oxygen atoms in total. The second-order valence-corrected chi connectivity index (χ2v) is 3.32. The average molecular weight is 153 g/mol. The lowest BCUT2D eigenvalue weighted by molar-refractivity contribution is 0.316. The van der Waals surface area contributed by atoms with Crippen LogP contribution in [0.1, 0.15) is 39.0 Å². The van der Waals surface area contributed by atoms with Gasteiger partial charge in [0.1, 0.15) is 0 Å². The summed E-state index contributed by atoms with van der Waals surface area (Å²) >= 11 is 0. The smallest absolute Gasteiger partial charge is 0.211 e. The zero-order valence-corrected chi connectivity index (χ0v) is 7.05. The molecule has 2 heteroatoms. The van der Waals surface area contributed by atoms with E-state index >= 15 is 0 Å². The van der Waals surface area contributed by atoms with Crippen molar-refractivity contribution in [2.45, 2.75) is 45.1 Å². The summed E-state index contributed by atoms with van der Waals surface area (Å²) in [5.41, 5.74) is 0. The van der Waals surface area contributed by atoms with Crippen molar-refractivity contribution in [3.05, 3.63) is 0 Å². The Hall–Kier alpha value is -0.620. The normalized spacial score (nSPS) is 31.0. The molecule has 1 rings (SSSR count). The van der Waals surface area contributed by atoms with Gasteiger partial charge in [0.25, 0.3) is 0 Å². The molecule has 0 N–H and O–H groups in total. The molecule has 0 radical (unpaired) electrons. The van der Waals surface area contributed by atoms with E-state index in [1.165, 1.54) is 19.3 Å². The van der Waals surface area contributed by atoms with Gasteiger partial charge in [-0.2, -0.15) is 0 Å². The number of aliphatic imine (C=N–C) groups is 1. The third kappa shape index (κ3) is 2.47. The molecule has 0 amide bonds. The predicted molar refractivity (Wildman–Crippen MR) is 44.2 cm³/mol. The molecule has 0 aromatic rings. The fourth-order valence-corrected chi connectivity index (χ4v) is 1.83. The van der Waals surface area contributed by atoms with Crippen LogP contribution in [-0.4, -0.2) is 12.1 Å². The second-order valence-electron chi connectivity index (χ2n) is 3.32. The van der Waals surface area contributed by atoms with E-state index in [2.05, 4.69) is 11.9 Å². The molecule has 0 saturated heterocycles. The first-order valence-electron chi connectivity index (χ1n) is 4.43. The van der Waals surface area contributed by atoms with Crippen LogP contribution in [-0.2, 0) is 4.79 Å². The first kappa shape index (κ1) is 8.48. The van der Waals surface area contributed by atoms with E-state index in [9.17, 15) is 4.79 Å². The van der Waals surface area contributed by atoms with Crippen LogP contribution < -0.4 is 0 Å². The molecular weight excluding hydrogens is 138 g/mol. The number of hydrogen-bond acceptors (Lipinski definition) is 2. The molecule has 0 spiro atoms. The highest BCUT2D eigenvalue weighted by atomic mass is 16.1. The van der Waals surface area contributed by atoms with Crippen molar-refractivity contribution < 1.29 is 4.79 Å². The molecule has 1 fully saturated rings. The van der Waals surface area contributed by atoms with Gasteiger partial charge >= 0.3 is 0 Å². The van der Waals surface area contributed by atoms with Gasteiger partial charge in [-0.3, -0.25) is 0 Å². The van der Waals surface area contributed by atoms with E-state index in [-0.39, 0.29) is 6.04 Å². The Balaban J connectivity index is 2.38. The quantitative estimate of drug-likeness (QED) is 0.442. The maximum atomic E-state index is 9.98. The van der Waals surface area contributed by atoms with Gasteiger partial charge in [0, 0.05) is 0 Å². The number of carbonyl (C=O) groups excluding carboxylic acids is 1. The molecule has 0 heterocycles. The van der Waals surface area contributed by atoms with Gasteiger partial charge in [-0.1, -0.05) is 26.2 Å². The van der Waals surface area contributed by atoms with Crippen LogP contribution in [0.4, 0.5) is 0 Å². The van der Waals surface area contributed by atoms with Gasteiger partial charge in [0.05, 0.1) is 6.04 Å². The summed E-state index contributed by atoms with van der Waals surface area (Å²) in [6.07, 6.45) is 7.63. The molecule has 0 aromatic carbocycles. The third-order valence-corrected chi connectivity index (χ3v) is 2.57. The fourth-order valence-electron chi connectivity index (χ4n) is 1.83. The molecule has 1 aliphatic rings. The highest BCUT2D eigenvalue weighted by Gasteiger charge is 2.19. The number of isocyanates is 1. The van der Waals surface area contributed by atoms with Crippen molar-refractivity contribution in [1.29, 1.82) is 0 Å². The minimum Gasteiger partial charge on any atom is -0.211 e. The van der Waals surface area contributed by atoms with Crippen LogP contribution >= 0.6 is 0 Å². The van der Waals surface area contributed by atoms with Crippen LogP contribution in [0.3, 0.4) is 0 Å². The van der Waals surface area contributed by atoms with Crippen molar-refractivity contribution in [3.63, 3.8) is 0 Å². The van der Waals surface area contributed by atoms with Crippen LogP contribution in [0.5, 0.6) is 0 Å². The van der Waals surface area contributed by atoms with E-state index in [4.69, 9.17) is 0 Å². The summed E-state index contributed by atoms with van der Waals surface area (Å²) in [6.45, 7) is 2.21. The maximum absolute atomic E-state index is 9.98. The number of hydrogen-bond donors (Lipinski definition) is 0. The van der Waals surface area contributed by atoms with Gasteiger partial charge in [0.15, 0.2) is 0 Å². The Kier molecular flexibility index (Phi) is 3.31. The van der Waals surface area contributed by atoms with Gasteiger partial charge in [-0.15, -0.1) is 0 Å². The summed E-state index contributed by atoms with van der Waals surface area (Å²) in [5, 5.41) is 0. The topological polar surface area (TPSA) is 29.4 Å². The second kappa shape index (κ2) is 4.30. The molecule has 0 aliphatic heterocycles. The molecule has 0 aromatic heterocycles. The van der Waals surface area contributed by atoms with Gasteiger partial charge in [-0.25, -0.2) is 9.79 Å². The molecule has 2 unspecified atom stereocenters. The van der Waals surface area contributed by atoms with Crippen molar-refractivity contribution in [2.24, 2.45) is 10.9 Å². The molecular formula is C9H15NO. The lowest BCUT2D eigenvalue weighted by Gasteiger charge is -2.24. The van der Waals surface area contributed by atoms with Gasteiger partial charge < -0.3 is 0 Å². The number of rotatable bonds is 2. The Morgan fingerprint density at radius 1 is 1.55 bits per heavy atom. The van der Waals surface area contributed by atoms with Crippen LogP contribution in [0.15, 0.2) is 4.99 Å². The highest BCUT2D eigenvalue weighted by Crippen LogP contribution is 2.27. The van der Waals surface area contributed by atoms with Crippen molar-refractivity contribution in [2.75, 3.05) is 0 Å². The minimum absolute atomic E-state index is 0.284. The van der Waals surface area contributed by atoms with Crippen LogP contribution in [0, 0.1) is 5.92 Å². The third-order valence-electron chi connectivity index (χ3n) is 2.57. The van der Waals surface area contributed by atoms with E-state index in [1.54, 1.807) is 6.08 Å². The van der Waals surface area contributed by atoms with Gasteiger partial charge in [0.2, 0.25) is 6.08 Å². The molecule has 1 saturated carbocycles. The average Bonchev–Trinajstić information content (AvgIpc) is 2.06. The van der Waals surface area contributed by atoms with Crippen molar-refractivity contribution in [3.8, 4) is 0 Å². The summed E-state index contributed by atoms with van der Waals surface area (Å²) in [5.74, 6) is 0.797. The molecule has 1 aliphatic carbocycles. The van der Waals surface area contributed by atoms with E-state index in [1.807, 2.05) is 0 Å². The SMILES string of the molecule is CCC1CCCC(N=C=O)C1. The Morgan fingerprint density at radius 3 is 3.00 bits per heavy atom. The standard InChI is InChI=1S/C9H15NO/c1-2-8-4-3-5-9(6-8)10-7-11/h8-9H,2-6H2,1H3. The van der Waals surface area contributed by atoms with Crippen LogP contribution in [0.2, 0.25) is 0 Å². The molecule has 11 heavy (non-hydrogen) atoms. The zero-order chi connectivity index (χ0) is 8.10. The Morgan fingerprint density at radius 2 is 2.36 bits per heavy atom. The summed E-state index contributed by atoms with van der Waals surface area (Å²) in [7, 11) is 0. The van der Waals surface area contributed by atoms with Crippen LogP contribution in [0.25, 0.3) is 0 Å². The predicted octanol–water partition coefficient (Wildman–Crippen LogP) is 2.29. The van der Waals surface area contributed by atoms with E-state index in [0.717, 1.165) is 18.8 Å². The summed E-state index contributed by atoms with van der Waals surface area (Å²) < 4.78 is 0. The maximum Gasteiger partial charge on any atom is 0.235 e. The number of nitrogens with zero attached hydrogens (tertiary/aromatic N) is 1. The Labute approximate surface area is 67.7 Å². The van der Waals surface area contributed by atoms with Crippen molar-refractivity contribution >= 4 is 6.08 Å². The Bertz CT molecular complexity index is 161. The first-order valence-corrected chi connectivity index (χ1v) is 4.43. The van der Waals surface area contributed by atoms with Gasteiger partial charge in [-0.05, 0) is 18.8 Å². The zero-order valence-electron chi connectivity index (χ0n) is 7.05. The monoisotopic (exact) mass is 153 g/mol.